The Labute approximate surface area is 82.0 Å². The van der Waals surface area contributed by atoms with E-state index in [1.54, 1.807) is 12.1 Å². The summed E-state index contributed by atoms with van der Waals surface area (Å²) in [5, 5.41) is 8.92. The van der Waals surface area contributed by atoms with Crippen LogP contribution in [0.4, 0.5) is 4.39 Å². The molecule has 1 aromatic carbocycles. The van der Waals surface area contributed by atoms with E-state index in [2.05, 4.69) is 0 Å². The van der Waals surface area contributed by atoms with Gasteiger partial charge in [-0.05, 0) is 24.0 Å². The Kier molecular flexibility index (Phi) is 3.75. The molecule has 0 amide bonds. The van der Waals surface area contributed by atoms with Crippen LogP contribution in [0.5, 0.6) is 0 Å². The van der Waals surface area contributed by atoms with Gasteiger partial charge in [-0.15, -0.1) is 11.8 Å². The number of thioether (sulfide) groups is 1. The summed E-state index contributed by atoms with van der Waals surface area (Å²) < 4.78 is 13.1. The van der Waals surface area contributed by atoms with E-state index in [0.29, 0.717) is 4.90 Å². The van der Waals surface area contributed by atoms with Gasteiger partial charge in [-0.25, -0.2) is 4.39 Å². The van der Waals surface area contributed by atoms with Crippen molar-refractivity contribution in [2.24, 2.45) is 0 Å². The summed E-state index contributed by atoms with van der Waals surface area (Å²) in [6.07, 6.45) is 1.84. The highest BCUT2D eigenvalue weighted by molar-refractivity contribution is 7.98. The second kappa shape index (κ2) is 4.63. The normalized spacial score (nSPS) is 12.9. The van der Waals surface area contributed by atoms with E-state index in [1.807, 2.05) is 13.2 Å². The molecule has 0 saturated heterocycles. The second-order valence-electron chi connectivity index (χ2n) is 2.98. The Hall–Kier alpha value is -0.540. The number of aliphatic hydroxyl groups is 1. The molecule has 1 nitrogen and oxygen atoms in total. The third-order valence-corrected chi connectivity index (χ3v) is 2.77. The minimum absolute atomic E-state index is 0.0755. The van der Waals surface area contributed by atoms with Crippen LogP contribution >= 0.6 is 11.8 Å². The van der Waals surface area contributed by atoms with E-state index in [1.165, 1.54) is 17.8 Å². The number of rotatable bonds is 3. The lowest BCUT2D eigenvalue weighted by Gasteiger charge is -2.09. The first-order chi connectivity index (χ1) is 6.19. The van der Waals surface area contributed by atoms with Gasteiger partial charge in [0.2, 0.25) is 0 Å². The summed E-state index contributed by atoms with van der Waals surface area (Å²) >= 11 is 1.38. The molecule has 72 valence electrons. The topological polar surface area (TPSA) is 20.2 Å². The lowest BCUT2D eigenvalue weighted by molar-refractivity contribution is 0.273. The van der Waals surface area contributed by atoms with Crippen LogP contribution in [0.15, 0.2) is 23.1 Å². The van der Waals surface area contributed by atoms with Gasteiger partial charge in [0, 0.05) is 17.4 Å². The molecule has 0 heterocycles. The Balaban J connectivity index is 2.99. The minimum atomic E-state index is -0.193. The Morgan fingerprint density at radius 1 is 1.54 bits per heavy atom. The number of halogens is 1. The number of benzene rings is 1. The van der Waals surface area contributed by atoms with E-state index < -0.39 is 0 Å². The van der Waals surface area contributed by atoms with E-state index >= 15 is 0 Å². The molecule has 1 N–H and O–H groups in total. The highest BCUT2D eigenvalue weighted by Crippen LogP contribution is 2.24. The van der Waals surface area contributed by atoms with Crippen LogP contribution in [0.2, 0.25) is 0 Å². The van der Waals surface area contributed by atoms with Gasteiger partial charge >= 0.3 is 0 Å². The van der Waals surface area contributed by atoms with Crippen LogP contribution in [0.3, 0.4) is 0 Å². The average Bonchev–Trinajstić information content (AvgIpc) is 2.17. The summed E-state index contributed by atoms with van der Waals surface area (Å²) in [5.74, 6) is -0.118. The van der Waals surface area contributed by atoms with Crippen LogP contribution in [0.25, 0.3) is 0 Å². The molecule has 1 rings (SSSR count). The molecule has 0 aliphatic heterocycles. The van der Waals surface area contributed by atoms with E-state index in [-0.39, 0.29) is 18.3 Å². The van der Waals surface area contributed by atoms with Gasteiger partial charge in [0.1, 0.15) is 5.82 Å². The zero-order chi connectivity index (χ0) is 9.84. The van der Waals surface area contributed by atoms with Crippen LogP contribution in [-0.4, -0.2) is 18.0 Å². The maximum Gasteiger partial charge on any atom is 0.136 e. The zero-order valence-electron chi connectivity index (χ0n) is 7.75. The Morgan fingerprint density at radius 2 is 2.23 bits per heavy atom. The summed E-state index contributed by atoms with van der Waals surface area (Å²) in [6, 6.07) is 4.96. The van der Waals surface area contributed by atoms with Gasteiger partial charge in [0.25, 0.3) is 0 Å². The van der Waals surface area contributed by atoms with Gasteiger partial charge in [-0.2, -0.15) is 0 Å². The molecule has 0 aliphatic rings. The van der Waals surface area contributed by atoms with Crippen LogP contribution < -0.4 is 0 Å². The van der Waals surface area contributed by atoms with Crippen molar-refractivity contribution < 1.29 is 9.50 Å². The van der Waals surface area contributed by atoms with Gasteiger partial charge in [0.05, 0.1) is 0 Å². The largest absolute Gasteiger partial charge is 0.396 e. The molecule has 1 aromatic rings. The molecule has 13 heavy (non-hydrogen) atoms. The van der Waals surface area contributed by atoms with Gasteiger partial charge in [-0.3, -0.25) is 0 Å². The van der Waals surface area contributed by atoms with Gasteiger partial charge in [-0.1, -0.05) is 13.0 Å². The summed E-state index contributed by atoms with van der Waals surface area (Å²) in [6.45, 7) is 2.01. The number of aliphatic hydroxyl groups excluding tert-OH is 1. The standard InChI is InChI=1S/C10H13FOS/c1-7(6-12)8-3-4-9(11)10(5-8)13-2/h3-5,7,12H,6H2,1-2H3. The van der Waals surface area contributed by atoms with Crippen LogP contribution in [0.1, 0.15) is 18.4 Å². The fourth-order valence-electron chi connectivity index (χ4n) is 1.09. The molecule has 0 aromatic heterocycles. The fourth-order valence-corrected chi connectivity index (χ4v) is 1.61. The maximum absolute atomic E-state index is 13.1. The lowest BCUT2D eigenvalue weighted by Crippen LogP contribution is -1.99. The zero-order valence-corrected chi connectivity index (χ0v) is 8.57. The molecule has 1 unspecified atom stereocenters. The van der Waals surface area contributed by atoms with Gasteiger partial charge < -0.3 is 5.11 Å². The molecule has 3 heteroatoms. The fraction of sp³-hybridized carbons (Fsp3) is 0.400. The molecule has 0 radical (unpaired) electrons. The van der Waals surface area contributed by atoms with Crippen molar-refractivity contribution in [1.29, 1.82) is 0 Å². The van der Waals surface area contributed by atoms with Crippen molar-refractivity contribution in [1.82, 2.24) is 0 Å². The van der Waals surface area contributed by atoms with Crippen LogP contribution in [-0.2, 0) is 0 Å². The quantitative estimate of drug-likeness (QED) is 0.757. The van der Waals surface area contributed by atoms with Crippen molar-refractivity contribution in [3.63, 3.8) is 0 Å². The maximum atomic E-state index is 13.1. The first-order valence-electron chi connectivity index (χ1n) is 4.13. The van der Waals surface area contributed by atoms with Crippen molar-refractivity contribution in [2.75, 3.05) is 12.9 Å². The Bertz CT molecular complexity index is 288. The predicted molar refractivity (Wildman–Crippen MR) is 53.7 cm³/mol. The molecule has 0 bridgehead atoms. The summed E-state index contributed by atoms with van der Waals surface area (Å²) in [5.41, 5.74) is 0.980. The molecule has 0 aliphatic carbocycles. The predicted octanol–water partition coefficient (Wildman–Crippen LogP) is 2.64. The lowest BCUT2D eigenvalue weighted by atomic mass is 10.0. The average molecular weight is 200 g/mol. The smallest absolute Gasteiger partial charge is 0.136 e. The molecule has 0 fully saturated rings. The highest BCUT2D eigenvalue weighted by atomic mass is 32.2. The minimum Gasteiger partial charge on any atom is -0.396 e. The molecule has 0 saturated carbocycles. The van der Waals surface area contributed by atoms with E-state index in [4.69, 9.17) is 5.11 Å². The van der Waals surface area contributed by atoms with Crippen molar-refractivity contribution >= 4 is 11.8 Å². The van der Waals surface area contributed by atoms with Crippen molar-refractivity contribution in [3.05, 3.63) is 29.6 Å². The van der Waals surface area contributed by atoms with Crippen molar-refractivity contribution in [3.8, 4) is 0 Å². The number of hydrogen-bond acceptors (Lipinski definition) is 2. The first-order valence-corrected chi connectivity index (χ1v) is 5.35. The molecule has 0 spiro atoms. The summed E-state index contributed by atoms with van der Waals surface area (Å²) in [7, 11) is 0. The SMILES string of the molecule is CSc1cc(C(C)CO)ccc1F. The monoisotopic (exact) mass is 200 g/mol. The molecular formula is C10H13FOS. The molecule has 1 atom stereocenters. The van der Waals surface area contributed by atoms with E-state index in [0.717, 1.165) is 5.56 Å². The molecular weight excluding hydrogens is 187 g/mol. The number of hydrogen-bond donors (Lipinski definition) is 1. The Morgan fingerprint density at radius 3 is 2.77 bits per heavy atom. The third kappa shape index (κ3) is 2.45. The van der Waals surface area contributed by atoms with Gasteiger partial charge in [0.15, 0.2) is 0 Å². The van der Waals surface area contributed by atoms with Crippen molar-refractivity contribution in [2.45, 2.75) is 17.7 Å². The highest BCUT2D eigenvalue weighted by Gasteiger charge is 2.07. The van der Waals surface area contributed by atoms with E-state index in [9.17, 15) is 4.39 Å². The first kappa shape index (κ1) is 10.5. The summed E-state index contributed by atoms with van der Waals surface area (Å²) in [4.78, 5) is 0.637. The third-order valence-electron chi connectivity index (χ3n) is 2.02. The van der Waals surface area contributed by atoms with Crippen LogP contribution in [0, 0.1) is 5.82 Å². The second-order valence-corrected chi connectivity index (χ2v) is 3.83.